The van der Waals surface area contributed by atoms with Gasteiger partial charge in [-0.25, -0.2) is 4.98 Å². The quantitative estimate of drug-likeness (QED) is 0.134. The van der Waals surface area contributed by atoms with E-state index < -0.39 is 0 Å². The van der Waals surface area contributed by atoms with E-state index in [1.54, 1.807) is 0 Å². The van der Waals surface area contributed by atoms with Gasteiger partial charge in [0.25, 0.3) is 0 Å². The second-order valence-corrected chi connectivity index (χ2v) is 34.0. The van der Waals surface area contributed by atoms with E-state index in [4.69, 9.17) is 18.8 Å². The minimum atomic E-state index is 0.894. The smallest absolute Gasteiger partial charge is 0.144 e. The van der Waals surface area contributed by atoms with Gasteiger partial charge in [0.1, 0.15) is 28.1 Å². The first-order valence-corrected chi connectivity index (χ1v) is 44.7. The van der Waals surface area contributed by atoms with Crippen LogP contribution in [0.5, 0.6) is 0 Å². The molecule has 0 N–H and O–H groups in total. The molecular weight excluding hydrogens is 1600 g/mol. The van der Waals surface area contributed by atoms with Crippen molar-refractivity contribution in [2.45, 2.75) is 34.6 Å². The van der Waals surface area contributed by atoms with Crippen LogP contribution in [0.25, 0.3) is 208 Å². The number of aryl methyl sites for hydroxylation is 5. The van der Waals surface area contributed by atoms with E-state index in [1.807, 2.05) is 110 Å². The molecule has 0 radical (unpaired) electrons. The third-order valence-electron chi connectivity index (χ3n) is 24.1. The van der Waals surface area contributed by atoms with Gasteiger partial charge in [0, 0.05) is 129 Å². The molecule has 0 bridgehead atoms. The topological polar surface area (TPSA) is 101 Å². The number of pyridine rings is 5. The van der Waals surface area contributed by atoms with E-state index in [0.717, 1.165) is 77.9 Å². The molecular formula is C120H87N7O2S. The zero-order valence-corrected chi connectivity index (χ0v) is 73.2. The van der Waals surface area contributed by atoms with E-state index in [9.17, 15) is 0 Å². The largest absolute Gasteiger partial charge is 0.455 e. The highest BCUT2D eigenvalue weighted by Gasteiger charge is 2.21. The molecule has 0 saturated carbocycles. The van der Waals surface area contributed by atoms with Crippen LogP contribution in [0.4, 0.5) is 0 Å². The third-order valence-corrected chi connectivity index (χ3v) is 25.3. The summed E-state index contributed by atoms with van der Waals surface area (Å²) in [6.07, 6.45) is 11.1. The molecule has 0 fully saturated rings. The fourth-order valence-corrected chi connectivity index (χ4v) is 19.6. The minimum absolute atomic E-state index is 0.894. The van der Waals surface area contributed by atoms with Gasteiger partial charge in [-0.1, -0.05) is 267 Å². The maximum atomic E-state index is 6.21. The maximum Gasteiger partial charge on any atom is 0.144 e. The Hall–Kier alpha value is -16.5. The van der Waals surface area contributed by atoms with E-state index in [0.29, 0.717) is 0 Å². The lowest BCUT2D eigenvalue weighted by Gasteiger charge is -2.12. The Balaban J connectivity index is 0.0000000983. The summed E-state index contributed by atoms with van der Waals surface area (Å²) in [4.78, 5) is 22.1. The van der Waals surface area contributed by atoms with Crippen molar-refractivity contribution < 1.29 is 8.83 Å². The number of aromatic nitrogens is 7. The van der Waals surface area contributed by atoms with E-state index in [-0.39, 0.29) is 0 Å². The lowest BCUT2D eigenvalue weighted by Crippen LogP contribution is -1.99. The Kier molecular flexibility index (Phi) is 22.0. The highest BCUT2D eigenvalue weighted by atomic mass is 32.1. The molecule has 10 heterocycles. The van der Waals surface area contributed by atoms with Crippen molar-refractivity contribution in [1.29, 1.82) is 0 Å². The first-order valence-electron chi connectivity index (χ1n) is 43.8. The molecule has 10 heteroatoms. The highest BCUT2D eigenvalue weighted by molar-refractivity contribution is 7.26. The summed E-state index contributed by atoms with van der Waals surface area (Å²) in [6.45, 7) is 10.5. The van der Waals surface area contributed by atoms with Crippen LogP contribution in [0, 0.1) is 34.6 Å². The Bertz CT molecular complexity index is 7690. The molecule has 15 aromatic carbocycles. The lowest BCUT2D eigenvalue weighted by atomic mass is 9.96. The first kappa shape index (κ1) is 80.6. The van der Waals surface area contributed by atoms with Crippen LogP contribution in [-0.4, -0.2) is 34.1 Å². The minimum Gasteiger partial charge on any atom is -0.455 e. The van der Waals surface area contributed by atoms with Crippen molar-refractivity contribution in [1.82, 2.24) is 34.1 Å². The average Bonchev–Trinajstić information content (AvgIpc) is 1.59. The van der Waals surface area contributed by atoms with Gasteiger partial charge < -0.3 is 13.4 Å². The standard InChI is InChI=1S/2C24H18N2.2C24H17NO.C24H17NS/c1-17-14-19(18-10-12-25-13-11-18)16-20(15-17)26-23-8-4-2-6-21(23)22-7-3-5-9-24(22)26;1-17-15-19(18-9-3-2-4-10-18)16-24(25-17)26-22-13-7-5-11-20(22)21-12-6-8-14-23(21)26;1-16-13-18(17-9-11-25-12-10-17)15-19(14-16)20-6-4-7-22-21-5-2-3-8-23(21)26-24(20)22;1-16-14-18(17-8-3-2-4-9-17)15-22(25-16)21-12-7-11-20-19-10-5-6-13-23(19)26-24(20)21;1-16-13-18(17-9-11-25-12-10-17)15-19(14-16)20-6-4-7-22-21-5-2-3-8-23(21)26-24(20)22/h2*2-16H,1H3;3*2-15H,1H3. The molecule has 0 aliphatic rings. The Morgan fingerprint density at radius 2 is 0.585 bits per heavy atom. The van der Waals surface area contributed by atoms with Gasteiger partial charge in [-0.05, 0) is 257 Å². The molecule has 130 heavy (non-hydrogen) atoms. The van der Waals surface area contributed by atoms with Gasteiger partial charge in [-0.2, -0.15) is 0 Å². The number of benzene rings is 15. The molecule has 0 atom stereocenters. The summed E-state index contributed by atoms with van der Waals surface area (Å²) in [6, 6.07) is 141. The predicted octanol–water partition coefficient (Wildman–Crippen LogP) is 32.6. The number of furan rings is 2. The molecule has 0 aliphatic heterocycles. The van der Waals surface area contributed by atoms with Crippen LogP contribution in [0.3, 0.4) is 0 Å². The first-order chi connectivity index (χ1) is 64.0. The normalized spacial score (nSPS) is 11.3. The van der Waals surface area contributed by atoms with Gasteiger partial charge in [-0.15, -0.1) is 11.3 Å². The van der Waals surface area contributed by atoms with E-state index in [1.165, 1.54) is 158 Å². The van der Waals surface area contributed by atoms with Crippen molar-refractivity contribution in [2.24, 2.45) is 0 Å². The summed E-state index contributed by atoms with van der Waals surface area (Å²) in [7, 11) is 0. The van der Waals surface area contributed by atoms with Crippen LogP contribution in [0.1, 0.15) is 28.1 Å². The van der Waals surface area contributed by atoms with Crippen molar-refractivity contribution in [2.75, 3.05) is 0 Å². The Labute approximate surface area is 757 Å². The van der Waals surface area contributed by atoms with E-state index in [2.05, 4.69) is 398 Å². The maximum absolute atomic E-state index is 6.21. The van der Waals surface area contributed by atoms with Gasteiger partial charge >= 0.3 is 0 Å². The number of para-hydroxylation sites is 8. The predicted molar refractivity (Wildman–Crippen MR) is 544 cm³/mol. The van der Waals surface area contributed by atoms with Crippen LogP contribution in [0.15, 0.2) is 446 Å². The van der Waals surface area contributed by atoms with Crippen LogP contribution in [0.2, 0.25) is 0 Å². The van der Waals surface area contributed by atoms with Gasteiger partial charge in [0.15, 0.2) is 0 Å². The van der Waals surface area contributed by atoms with Crippen molar-refractivity contribution in [3.05, 3.63) is 466 Å². The molecule has 25 aromatic rings. The molecule has 0 spiro atoms. The summed E-state index contributed by atoms with van der Waals surface area (Å²) >= 11 is 1.88. The number of thiophene rings is 1. The van der Waals surface area contributed by atoms with Gasteiger partial charge in [0.05, 0.1) is 27.8 Å². The second kappa shape index (κ2) is 35.5. The molecule has 0 saturated heterocycles. The van der Waals surface area contributed by atoms with Crippen molar-refractivity contribution in [3.8, 4) is 101 Å². The number of nitrogens with zero attached hydrogens (tertiary/aromatic N) is 7. The molecule has 0 amide bonds. The lowest BCUT2D eigenvalue weighted by molar-refractivity contribution is 0.669. The number of rotatable bonds is 10. The zero-order valence-electron chi connectivity index (χ0n) is 72.4. The number of fused-ring (bicyclic) bond motifs is 15. The third kappa shape index (κ3) is 16.1. The fourth-order valence-electron chi connectivity index (χ4n) is 18.3. The Morgan fingerprint density at radius 1 is 0.231 bits per heavy atom. The molecule has 25 rings (SSSR count). The van der Waals surface area contributed by atoms with Gasteiger partial charge in [0.2, 0.25) is 0 Å². The van der Waals surface area contributed by atoms with Crippen LogP contribution in [-0.2, 0) is 0 Å². The Morgan fingerprint density at radius 3 is 1.09 bits per heavy atom. The highest BCUT2D eigenvalue weighted by Crippen LogP contribution is 2.44. The summed E-state index contributed by atoms with van der Waals surface area (Å²) in [5.41, 5.74) is 34.3. The zero-order chi connectivity index (χ0) is 87.5. The van der Waals surface area contributed by atoms with Gasteiger partial charge in [-0.3, -0.25) is 24.5 Å². The monoisotopic (exact) mass is 1690 g/mol. The van der Waals surface area contributed by atoms with E-state index >= 15 is 0 Å². The molecule has 0 aliphatic carbocycles. The average molecular weight is 1690 g/mol. The molecule has 10 aromatic heterocycles. The molecule has 0 unspecified atom stereocenters. The van der Waals surface area contributed by atoms with Crippen LogP contribution < -0.4 is 0 Å². The number of hydrogen-bond donors (Lipinski definition) is 0. The van der Waals surface area contributed by atoms with Crippen LogP contribution >= 0.6 is 11.3 Å². The second-order valence-electron chi connectivity index (χ2n) is 33.0. The van der Waals surface area contributed by atoms with Crippen molar-refractivity contribution >= 4 is 119 Å². The molecule has 9 nitrogen and oxygen atoms in total. The van der Waals surface area contributed by atoms with Crippen molar-refractivity contribution in [3.63, 3.8) is 0 Å². The SMILES string of the molecule is Cc1cc(-c2ccccc2)cc(-c2cccc3c2oc2ccccc23)n1.Cc1cc(-c2ccccc2)cc(-n2c3ccccc3c3ccccc32)n1.Cc1cc(-c2ccncc2)cc(-c2cccc3c2oc2ccccc23)c1.Cc1cc(-c2ccncc2)cc(-c2cccc3c2sc2ccccc23)c1.Cc1cc(-c2ccncc2)cc(-n2c3ccccc3c3ccccc32)c1. The summed E-state index contributed by atoms with van der Waals surface area (Å²) < 4.78 is 19.7. The summed E-state index contributed by atoms with van der Waals surface area (Å²) in [5, 5.41) is 12.4. The molecule has 620 valence electrons. The number of hydrogen-bond acceptors (Lipinski definition) is 8. The fraction of sp³-hybridized carbons (Fsp3) is 0.0417. The summed E-state index contributed by atoms with van der Waals surface area (Å²) in [5.74, 6) is 0.959.